The number of carbonyl (C=O) groups excluding carboxylic acids is 2. The van der Waals surface area contributed by atoms with Gasteiger partial charge in [0, 0.05) is 17.7 Å². The van der Waals surface area contributed by atoms with E-state index in [4.69, 9.17) is 12.2 Å². The van der Waals surface area contributed by atoms with E-state index in [1.54, 1.807) is 25.1 Å². The van der Waals surface area contributed by atoms with Crippen LogP contribution < -0.4 is 16.0 Å². The summed E-state index contributed by atoms with van der Waals surface area (Å²) in [5, 5.41) is 1.83. The Bertz CT molecular complexity index is 725. The molecule has 2 amide bonds. The molecule has 1 aliphatic rings. The van der Waals surface area contributed by atoms with E-state index in [1.165, 1.54) is 4.90 Å². The number of alkyl halides is 3. The van der Waals surface area contributed by atoms with Gasteiger partial charge in [0.15, 0.2) is 0 Å². The largest absolute Gasteiger partial charge is 0.405 e. The summed E-state index contributed by atoms with van der Waals surface area (Å²) in [6.45, 7) is 0.246. The molecule has 0 saturated carbocycles. The van der Waals surface area contributed by atoms with Crippen LogP contribution in [-0.4, -0.2) is 36.6 Å². The second-order valence-electron chi connectivity index (χ2n) is 5.76. The Morgan fingerprint density at radius 1 is 1.48 bits per heavy atom. The highest BCUT2D eigenvalue weighted by Gasteiger charge is 2.40. The van der Waals surface area contributed by atoms with E-state index in [1.807, 2.05) is 5.32 Å². The van der Waals surface area contributed by atoms with E-state index in [0.717, 1.165) is 0 Å². The molecule has 2 atom stereocenters. The van der Waals surface area contributed by atoms with Gasteiger partial charge in [-0.05, 0) is 30.2 Å². The first-order chi connectivity index (χ1) is 11.7. The van der Waals surface area contributed by atoms with Crippen molar-refractivity contribution in [3.05, 3.63) is 29.3 Å². The van der Waals surface area contributed by atoms with Crippen LogP contribution in [0.15, 0.2) is 18.2 Å². The monoisotopic (exact) mass is 353 g/mol. The maximum atomic E-state index is 12.6. The summed E-state index contributed by atoms with van der Waals surface area (Å²) < 4.78 is 37.1. The van der Waals surface area contributed by atoms with Crippen LogP contribution in [0.1, 0.15) is 24.5 Å². The SMILES string of the molecule is C#Cc1ccc2c(c1)CC(C(=O)NCC(F)(F)F)N2C(=O)C(N)CC. The number of nitrogens with zero attached hydrogens (tertiary/aromatic N) is 1. The van der Waals surface area contributed by atoms with E-state index < -0.39 is 36.6 Å². The number of benzene rings is 1. The van der Waals surface area contributed by atoms with Gasteiger partial charge in [-0.25, -0.2) is 0 Å². The Hall–Kier alpha value is -2.53. The number of halogens is 3. The molecule has 1 aromatic rings. The molecule has 25 heavy (non-hydrogen) atoms. The smallest absolute Gasteiger partial charge is 0.345 e. The number of anilines is 1. The lowest BCUT2D eigenvalue weighted by atomic mass is 10.1. The maximum Gasteiger partial charge on any atom is 0.405 e. The van der Waals surface area contributed by atoms with Gasteiger partial charge in [-0.1, -0.05) is 12.8 Å². The lowest BCUT2D eigenvalue weighted by molar-refractivity contribution is -0.139. The molecule has 0 bridgehead atoms. The molecule has 0 spiro atoms. The molecule has 0 fully saturated rings. The zero-order valence-electron chi connectivity index (χ0n) is 13.6. The van der Waals surface area contributed by atoms with E-state index in [0.29, 0.717) is 23.2 Å². The van der Waals surface area contributed by atoms with Crippen molar-refractivity contribution in [3.8, 4) is 12.3 Å². The zero-order valence-corrected chi connectivity index (χ0v) is 13.6. The fourth-order valence-corrected chi connectivity index (χ4v) is 2.68. The number of nitrogens with one attached hydrogen (secondary N) is 1. The zero-order chi connectivity index (χ0) is 18.8. The minimum atomic E-state index is -4.54. The van der Waals surface area contributed by atoms with Crippen LogP contribution in [0.3, 0.4) is 0 Å². The van der Waals surface area contributed by atoms with Gasteiger partial charge in [0.25, 0.3) is 0 Å². The lowest BCUT2D eigenvalue weighted by Crippen LogP contribution is -2.53. The van der Waals surface area contributed by atoms with Gasteiger partial charge in [0.1, 0.15) is 12.6 Å². The summed E-state index contributed by atoms with van der Waals surface area (Å²) in [5.74, 6) is 1.05. The Morgan fingerprint density at radius 3 is 2.72 bits per heavy atom. The second-order valence-corrected chi connectivity index (χ2v) is 5.76. The van der Waals surface area contributed by atoms with Crippen molar-refractivity contribution in [2.24, 2.45) is 5.73 Å². The van der Waals surface area contributed by atoms with Gasteiger partial charge in [0.05, 0.1) is 6.04 Å². The van der Waals surface area contributed by atoms with Crippen LogP contribution in [0.5, 0.6) is 0 Å². The molecule has 0 aliphatic carbocycles. The minimum Gasteiger partial charge on any atom is -0.345 e. The number of terminal acetylenes is 1. The lowest BCUT2D eigenvalue weighted by Gasteiger charge is -2.27. The highest BCUT2D eigenvalue weighted by Crippen LogP contribution is 2.34. The summed E-state index contributed by atoms with van der Waals surface area (Å²) in [4.78, 5) is 26.0. The van der Waals surface area contributed by atoms with Crippen LogP contribution in [0.25, 0.3) is 0 Å². The van der Waals surface area contributed by atoms with Crippen LogP contribution in [0.2, 0.25) is 0 Å². The fraction of sp³-hybridized carbons (Fsp3) is 0.412. The molecule has 5 nitrogen and oxygen atoms in total. The molecule has 1 aromatic carbocycles. The number of rotatable bonds is 4. The standard InChI is InChI=1S/C17H18F3N3O2/c1-3-10-5-6-13-11(7-10)8-14(15(24)22-9-17(18,19)20)23(13)16(25)12(21)4-2/h1,5-7,12,14H,4,8-9,21H2,2H3,(H,22,24). The number of fused-ring (bicyclic) bond motifs is 1. The first-order valence-electron chi connectivity index (χ1n) is 7.70. The minimum absolute atomic E-state index is 0.0801. The molecule has 1 aliphatic heterocycles. The van der Waals surface area contributed by atoms with Gasteiger partial charge in [-0.2, -0.15) is 13.2 Å². The average Bonchev–Trinajstić information content (AvgIpc) is 2.95. The average molecular weight is 353 g/mol. The van der Waals surface area contributed by atoms with Crippen LogP contribution in [0.4, 0.5) is 18.9 Å². The highest BCUT2D eigenvalue weighted by molar-refractivity contribution is 6.05. The number of hydrogen-bond acceptors (Lipinski definition) is 3. The molecule has 0 radical (unpaired) electrons. The number of carbonyl (C=O) groups is 2. The third kappa shape index (κ3) is 4.12. The van der Waals surface area contributed by atoms with Gasteiger partial charge in [0.2, 0.25) is 11.8 Å². The van der Waals surface area contributed by atoms with Crippen LogP contribution in [-0.2, 0) is 16.0 Å². The van der Waals surface area contributed by atoms with Crippen molar-refractivity contribution >= 4 is 17.5 Å². The predicted octanol–water partition coefficient (Wildman–Crippen LogP) is 1.34. The van der Waals surface area contributed by atoms with E-state index in [-0.39, 0.29) is 6.42 Å². The number of nitrogens with two attached hydrogens (primary N) is 1. The molecular weight excluding hydrogens is 335 g/mol. The Labute approximate surface area is 143 Å². The Balaban J connectivity index is 2.33. The van der Waals surface area contributed by atoms with Crippen molar-refractivity contribution in [1.82, 2.24) is 5.32 Å². The predicted molar refractivity (Wildman–Crippen MR) is 86.7 cm³/mol. The maximum absolute atomic E-state index is 12.6. The molecular formula is C17H18F3N3O2. The quantitative estimate of drug-likeness (QED) is 0.802. The van der Waals surface area contributed by atoms with Crippen LogP contribution in [0, 0.1) is 12.3 Å². The van der Waals surface area contributed by atoms with Gasteiger partial charge >= 0.3 is 6.18 Å². The first kappa shape index (κ1) is 18.8. The molecule has 2 unspecified atom stereocenters. The van der Waals surface area contributed by atoms with Gasteiger partial charge in [-0.15, -0.1) is 6.42 Å². The molecule has 0 aromatic heterocycles. The second kappa shape index (κ2) is 7.15. The third-order valence-corrected chi connectivity index (χ3v) is 3.99. The summed E-state index contributed by atoms with van der Waals surface area (Å²) in [6, 6.07) is 2.89. The highest BCUT2D eigenvalue weighted by atomic mass is 19.4. The summed E-state index contributed by atoms with van der Waals surface area (Å²) in [5.41, 5.74) is 7.41. The summed E-state index contributed by atoms with van der Waals surface area (Å²) in [7, 11) is 0. The van der Waals surface area contributed by atoms with E-state index in [9.17, 15) is 22.8 Å². The fourth-order valence-electron chi connectivity index (χ4n) is 2.68. The van der Waals surface area contributed by atoms with Gasteiger partial charge in [-0.3, -0.25) is 14.5 Å². The normalized spacial score (nSPS) is 17.6. The van der Waals surface area contributed by atoms with E-state index >= 15 is 0 Å². The molecule has 8 heteroatoms. The van der Waals surface area contributed by atoms with Crippen molar-refractivity contribution in [3.63, 3.8) is 0 Å². The van der Waals surface area contributed by atoms with Crippen molar-refractivity contribution in [2.45, 2.75) is 38.0 Å². The third-order valence-electron chi connectivity index (χ3n) is 3.99. The molecule has 0 saturated heterocycles. The van der Waals surface area contributed by atoms with Crippen LogP contribution >= 0.6 is 0 Å². The van der Waals surface area contributed by atoms with Crippen molar-refractivity contribution < 1.29 is 22.8 Å². The van der Waals surface area contributed by atoms with Crippen molar-refractivity contribution in [1.29, 1.82) is 0 Å². The molecule has 1 heterocycles. The van der Waals surface area contributed by atoms with Crippen molar-refractivity contribution in [2.75, 3.05) is 11.4 Å². The summed E-state index contributed by atoms with van der Waals surface area (Å²) in [6.07, 6.45) is 1.23. The molecule has 2 rings (SSSR count). The first-order valence-corrected chi connectivity index (χ1v) is 7.70. The Morgan fingerprint density at radius 2 is 2.16 bits per heavy atom. The number of hydrogen-bond donors (Lipinski definition) is 2. The Kier molecular flexibility index (Phi) is 5.38. The van der Waals surface area contributed by atoms with E-state index in [2.05, 4.69) is 5.92 Å². The van der Waals surface area contributed by atoms with Gasteiger partial charge < -0.3 is 11.1 Å². The summed E-state index contributed by atoms with van der Waals surface area (Å²) >= 11 is 0. The molecule has 134 valence electrons. The topological polar surface area (TPSA) is 75.4 Å². The molecule has 3 N–H and O–H groups in total. The number of amides is 2.